The number of hydrogen-bond donors (Lipinski definition) is 1. The van der Waals surface area contributed by atoms with Gasteiger partial charge in [-0.25, -0.2) is 4.98 Å². The number of likely N-dealkylation sites (N-methyl/N-ethyl adjacent to an activating group) is 1. The maximum atomic E-state index is 12.7. The molecule has 0 fully saturated rings. The molecule has 0 radical (unpaired) electrons. The van der Waals surface area contributed by atoms with Gasteiger partial charge in [-0.2, -0.15) is 0 Å². The molecule has 6 heteroatoms. The summed E-state index contributed by atoms with van der Waals surface area (Å²) >= 11 is 0. The number of benzene rings is 1. The second kappa shape index (κ2) is 5.96. The molecule has 0 unspecified atom stereocenters. The van der Waals surface area contributed by atoms with E-state index in [1.54, 1.807) is 25.4 Å². The number of carbonyl (C=O) groups excluding carboxylic acids is 2. The Hall–Kier alpha value is -2.89. The van der Waals surface area contributed by atoms with Crippen molar-refractivity contribution in [3.63, 3.8) is 0 Å². The van der Waals surface area contributed by atoms with Crippen LogP contribution >= 0.6 is 0 Å². The van der Waals surface area contributed by atoms with Crippen LogP contribution in [0.1, 0.15) is 18.1 Å². The molecule has 24 heavy (non-hydrogen) atoms. The summed E-state index contributed by atoms with van der Waals surface area (Å²) in [6.07, 6.45) is 1.58. The van der Waals surface area contributed by atoms with Crippen molar-refractivity contribution in [3.05, 3.63) is 53.7 Å². The molecule has 124 valence electrons. The SMILES string of the molecule is Cc1ccccc1CNC(=O)[C@]1(C)Oc2cccnc2N(C)C1=O. The maximum absolute atomic E-state index is 12.7. The number of fused-ring (bicyclic) bond motifs is 1. The molecule has 1 aromatic heterocycles. The third-order valence-corrected chi connectivity index (χ3v) is 4.23. The van der Waals surface area contributed by atoms with Crippen LogP contribution in [-0.2, 0) is 16.1 Å². The average molecular weight is 325 g/mol. The van der Waals surface area contributed by atoms with Gasteiger partial charge in [0.25, 0.3) is 17.4 Å². The van der Waals surface area contributed by atoms with Gasteiger partial charge in [-0.15, -0.1) is 0 Å². The van der Waals surface area contributed by atoms with Crippen LogP contribution < -0.4 is 15.0 Å². The minimum atomic E-state index is -1.62. The van der Waals surface area contributed by atoms with Crippen molar-refractivity contribution in [2.45, 2.75) is 26.0 Å². The molecule has 0 spiro atoms. The number of carbonyl (C=O) groups is 2. The molecule has 3 rings (SSSR count). The molecule has 2 heterocycles. The van der Waals surface area contributed by atoms with Crippen LogP contribution in [0.5, 0.6) is 5.75 Å². The summed E-state index contributed by atoms with van der Waals surface area (Å²) < 4.78 is 5.72. The number of anilines is 1. The fraction of sp³-hybridized carbons (Fsp3) is 0.278. The van der Waals surface area contributed by atoms with Gasteiger partial charge in [-0.3, -0.25) is 14.5 Å². The summed E-state index contributed by atoms with van der Waals surface area (Å²) in [6, 6.07) is 11.2. The molecule has 0 bridgehead atoms. The zero-order valence-electron chi connectivity index (χ0n) is 13.9. The van der Waals surface area contributed by atoms with Gasteiger partial charge >= 0.3 is 0 Å². The zero-order valence-corrected chi connectivity index (χ0v) is 13.9. The number of aryl methyl sites for hydroxylation is 1. The van der Waals surface area contributed by atoms with Crippen LogP contribution in [0.15, 0.2) is 42.6 Å². The first-order valence-electron chi connectivity index (χ1n) is 7.68. The van der Waals surface area contributed by atoms with Gasteiger partial charge in [0, 0.05) is 19.8 Å². The van der Waals surface area contributed by atoms with E-state index in [0.29, 0.717) is 18.1 Å². The predicted octanol–water partition coefficient (Wildman–Crippen LogP) is 1.82. The van der Waals surface area contributed by atoms with Crippen LogP contribution in [-0.4, -0.2) is 29.4 Å². The van der Waals surface area contributed by atoms with Gasteiger partial charge in [0.2, 0.25) is 0 Å². The van der Waals surface area contributed by atoms with Gasteiger partial charge < -0.3 is 10.1 Å². The molecule has 1 aliphatic rings. The molecule has 6 nitrogen and oxygen atoms in total. The van der Waals surface area contributed by atoms with Crippen molar-refractivity contribution >= 4 is 17.6 Å². The van der Waals surface area contributed by atoms with Crippen LogP contribution in [0.4, 0.5) is 5.82 Å². The van der Waals surface area contributed by atoms with Crippen LogP contribution in [0.25, 0.3) is 0 Å². The number of ether oxygens (including phenoxy) is 1. The van der Waals surface area contributed by atoms with Crippen LogP contribution in [0.3, 0.4) is 0 Å². The normalized spacial score (nSPS) is 19.5. The highest BCUT2D eigenvalue weighted by molar-refractivity contribution is 6.15. The van der Waals surface area contributed by atoms with E-state index in [1.807, 2.05) is 31.2 Å². The minimum Gasteiger partial charge on any atom is -0.464 e. The summed E-state index contributed by atoms with van der Waals surface area (Å²) in [5, 5.41) is 2.80. The lowest BCUT2D eigenvalue weighted by Gasteiger charge is -2.36. The second-order valence-corrected chi connectivity index (χ2v) is 5.93. The lowest BCUT2D eigenvalue weighted by Crippen LogP contribution is -2.61. The molecule has 1 N–H and O–H groups in total. The van der Waals surface area contributed by atoms with E-state index in [-0.39, 0.29) is 0 Å². The molecular weight excluding hydrogens is 306 g/mol. The van der Waals surface area contributed by atoms with E-state index >= 15 is 0 Å². The Labute approximate surface area is 140 Å². The molecule has 1 aromatic carbocycles. The Morgan fingerprint density at radius 2 is 2.04 bits per heavy atom. The molecule has 0 saturated carbocycles. The Kier molecular flexibility index (Phi) is 3.97. The third-order valence-electron chi connectivity index (χ3n) is 4.23. The largest absolute Gasteiger partial charge is 0.464 e. The van der Waals surface area contributed by atoms with Gasteiger partial charge in [0.1, 0.15) is 0 Å². The van der Waals surface area contributed by atoms with E-state index < -0.39 is 17.4 Å². The number of nitrogens with zero attached hydrogens (tertiary/aromatic N) is 2. The fourth-order valence-electron chi connectivity index (χ4n) is 2.69. The number of aromatic nitrogens is 1. The average Bonchev–Trinajstić information content (AvgIpc) is 2.59. The lowest BCUT2D eigenvalue weighted by molar-refractivity contribution is -0.148. The van der Waals surface area contributed by atoms with E-state index in [9.17, 15) is 9.59 Å². The highest BCUT2D eigenvalue weighted by atomic mass is 16.5. The molecular formula is C18H19N3O3. The maximum Gasteiger partial charge on any atom is 0.281 e. The Bertz CT molecular complexity index is 806. The highest BCUT2D eigenvalue weighted by Crippen LogP contribution is 2.35. The lowest BCUT2D eigenvalue weighted by atomic mass is 10.0. The van der Waals surface area contributed by atoms with Gasteiger partial charge in [-0.05, 0) is 37.1 Å². The zero-order chi connectivity index (χ0) is 17.3. The smallest absolute Gasteiger partial charge is 0.281 e. The summed E-state index contributed by atoms with van der Waals surface area (Å²) in [6.45, 7) is 3.79. The Balaban J connectivity index is 1.81. The Morgan fingerprint density at radius 1 is 1.29 bits per heavy atom. The number of nitrogens with one attached hydrogen (secondary N) is 1. The first-order chi connectivity index (χ1) is 11.4. The van der Waals surface area contributed by atoms with Crippen LogP contribution in [0, 0.1) is 6.92 Å². The molecule has 0 aliphatic carbocycles. The summed E-state index contributed by atoms with van der Waals surface area (Å²) in [7, 11) is 1.59. The van der Waals surface area contributed by atoms with E-state index in [0.717, 1.165) is 11.1 Å². The fourth-order valence-corrected chi connectivity index (χ4v) is 2.69. The summed E-state index contributed by atoms with van der Waals surface area (Å²) in [5.74, 6) is -0.104. The second-order valence-electron chi connectivity index (χ2n) is 5.93. The summed E-state index contributed by atoms with van der Waals surface area (Å²) in [4.78, 5) is 30.8. The van der Waals surface area contributed by atoms with Gasteiger partial charge in [-0.1, -0.05) is 24.3 Å². The van der Waals surface area contributed by atoms with Crippen LogP contribution in [0.2, 0.25) is 0 Å². The first kappa shape index (κ1) is 16.0. The number of rotatable bonds is 3. The molecule has 2 amide bonds. The molecule has 1 atom stereocenters. The number of pyridine rings is 1. The molecule has 2 aromatic rings. The van der Waals surface area contributed by atoms with Crippen molar-refractivity contribution < 1.29 is 14.3 Å². The Morgan fingerprint density at radius 3 is 2.79 bits per heavy atom. The standard InChI is InChI=1S/C18H19N3O3/c1-12-7-4-5-8-13(12)11-20-16(22)18(2)17(23)21(3)15-14(24-18)9-6-10-19-15/h4-10H,11H2,1-3H3,(H,20,22)/t18-/m0/s1. The number of hydrogen-bond acceptors (Lipinski definition) is 4. The van der Waals surface area contributed by atoms with Crippen molar-refractivity contribution in [2.75, 3.05) is 11.9 Å². The molecule has 1 aliphatic heterocycles. The van der Waals surface area contributed by atoms with Crippen molar-refractivity contribution in [1.82, 2.24) is 10.3 Å². The van der Waals surface area contributed by atoms with Crippen molar-refractivity contribution in [3.8, 4) is 5.75 Å². The molecule has 0 saturated heterocycles. The van der Waals surface area contributed by atoms with E-state index in [4.69, 9.17) is 4.74 Å². The van der Waals surface area contributed by atoms with Crippen molar-refractivity contribution in [2.24, 2.45) is 0 Å². The topological polar surface area (TPSA) is 71.5 Å². The summed E-state index contributed by atoms with van der Waals surface area (Å²) in [5.41, 5.74) is 0.451. The first-order valence-corrected chi connectivity index (χ1v) is 7.68. The van der Waals surface area contributed by atoms with Gasteiger partial charge in [0.15, 0.2) is 11.6 Å². The highest BCUT2D eigenvalue weighted by Gasteiger charge is 2.50. The van der Waals surface area contributed by atoms with Crippen molar-refractivity contribution in [1.29, 1.82) is 0 Å². The predicted molar refractivity (Wildman–Crippen MR) is 89.7 cm³/mol. The van der Waals surface area contributed by atoms with E-state index in [1.165, 1.54) is 11.8 Å². The third kappa shape index (κ3) is 2.60. The monoisotopic (exact) mass is 325 g/mol. The minimum absolute atomic E-state index is 0.335. The number of amides is 2. The van der Waals surface area contributed by atoms with Gasteiger partial charge in [0.05, 0.1) is 0 Å². The van der Waals surface area contributed by atoms with E-state index in [2.05, 4.69) is 10.3 Å². The quantitative estimate of drug-likeness (QED) is 0.874.